The Morgan fingerprint density at radius 2 is 1.56 bits per heavy atom. The fourth-order valence-corrected chi connectivity index (χ4v) is 1.30. The van der Waals surface area contributed by atoms with E-state index < -0.39 is 0 Å². The molecule has 1 heterocycles. The van der Waals surface area contributed by atoms with Gasteiger partial charge in [0, 0.05) is 13.1 Å². The Hall–Kier alpha value is -0.180. The standard InChI is InChI=1S/C6H12N2S/c9-7-8-5-3-1-2-4-6-8/h1-6H2. The first kappa shape index (κ1) is 6.93. The first-order chi connectivity index (χ1) is 4.43. The Labute approximate surface area is 61.4 Å². The topological polar surface area (TPSA) is 15.6 Å². The summed E-state index contributed by atoms with van der Waals surface area (Å²) in [6.07, 6.45) is 5.23. The highest BCUT2D eigenvalue weighted by Gasteiger charge is 2.04. The van der Waals surface area contributed by atoms with Crippen LogP contribution in [0.5, 0.6) is 0 Å². The normalized spacial score (nSPS) is 21.1. The van der Waals surface area contributed by atoms with E-state index in [2.05, 4.69) is 16.9 Å². The monoisotopic (exact) mass is 144 g/mol. The lowest BCUT2D eigenvalue weighted by Gasteiger charge is -2.11. The molecule has 1 aliphatic rings. The summed E-state index contributed by atoms with van der Waals surface area (Å²) in [4.78, 5) is 0. The molecular weight excluding hydrogens is 132 g/mol. The van der Waals surface area contributed by atoms with Crippen LogP contribution < -0.4 is 0 Å². The van der Waals surface area contributed by atoms with Crippen molar-refractivity contribution in [3.8, 4) is 0 Å². The summed E-state index contributed by atoms with van der Waals surface area (Å²) in [6, 6.07) is 0. The predicted molar refractivity (Wildman–Crippen MR) is 39.8 cm³/mol. The lowest BCUT2D eigenvalue weighted by molar-refractivity contribution is 0.308. The van der Waals surface area contributed by atoms with Crippen molar-refractivity contribution in [2.75, 3.05) is 13.1 Å². The maximum absolute atomic E-state index is 4.58. The molecule has 0 N–H and O–H groups in total. The van der Waals surface area contributed by atoms with Crippen LogP contribution >= 0.6 is 0 Å². The Morgan fingerprint density at radius 1 is 1.00 bits per heavy atom. The largest absolute Gasteiger partial charge is 0.286 e. The van der Waals surface area contributed by atoms with Crippen molar-refractivity contribution >= 4 is 12.4 Å². The Balaban J connectivity index is 2.26. The molecule has 1 saturated heterocycles. The minimum atomic E-state index is 1.07. The van der Waals surface area contributed by atoms with Crippen LogP contribution in [0.25, 0.3) is 0 Å². The van der Waals surface area contributed by atoms with Gasteiger partial charge < -0.3 is 0 Å². The summed E-state index contributed by atoms with van der Waals surface area (Å²) in [5, 5.41) is 1.99. The quantitative estimate of drug-likeness (QED) is 0.554. The molecule has 0 aromatic heterocycles. The number of hydrogen-bond acceptors (Lipinski definition) is 2. The van der Waals surface area contributed by atoms with Crippen molar-refractivity contribution in [2.45, 2.75) is 25.7 Å². The molecule has 0 aromatic carbocycles. The van der Waals surface area contributed by atoms with Crippen molar-refractivity contribution in [1.29, 1.82) is 0 Å². The van der Waals surface area contributed by atoms with Crippen molar-refractivity contribution in [3.05, 3.63) is 0 Å². The number of hydrogen-bond donors (Lipinski definition) is 0. The van der Waals surface area contributed by atoms with E-state index in [4.69, 9.17) is 0 Å². The van der Waals surface area contributed by atoms with Gasteiger partial charge in [-0.05, 0) is 12.8 Å². The fraction of sp³-hybridized carbons (Fsp3) is 1.00. The van der Waals surface area contributed by atoms with Crippen molar-refractivity contribution in [3.63, 3.8) is 0 Å². The molecule has 1 rings (SSSR count). The second-order valence-electron chi connectivity index (χ2n) is 2.45. The molecule has 1 fully saturated rings. The van der Waals surface area contributed by atoms with Crippen LogP contribution in [0.3, 0.4) is 0 Å². The summed E-state index contributed by atoms with van der Waals surface area (Å²) in [5.41, 5.74) is 0. The molecule has 52 valence electrons. The first-order valence-corrected chi connectivity index (χ1v) is 3.88. The average Bonchev–Trinajstić information content (AvgIpc) is 2.13. The maximum Gasteiger partial charge on any atom is 0.0628 e. The molecule has 0 atom stereocenters. The Bertz CT molecular complexity index is 87.1. The average molecular weight is 144 g/mol. The first-order valence-electron chi connectivity index (χ1n) is 3.52. The maximum atomic E-state index is 4.58. The van der Waals surface area contributed by atoms with E-state index in [0.29, 0.717) is 0 Å². The van der Waals surface area contributed by atoms with Crippen LogP contribution in [0.15, 0.2) is 4.47 Å². The molecule has 0 aromatic rings. The van der Waals surface area contributed by atoms with Crippen LogP contribution in [0, 0.1) is 0 Å². The highest BCUT2D eigenvalue weighted by Crippen LogP contribution is 2.08. The second-order valence-corrected chi connectivity index (χ2v) is 2.61. The summed E-state index contributed by atoms with van der Waals surface area (Å²) in [5.74, 6) is 0. The molecule has 0 unspecified atom stereocenters. The molecular formula is C6H12N2S. The third kappa shape index (κ3) is 2.26. The summed E-state index contributed by atoms with van der Waals surface area (Å²) in [6.45, 7) is 2.15. The van der Waals surface area contributed by atoms with Gasteiger partial charge in [0.1, 0.15) is 0 Å². The molecule has 0 bridgehead atoms. The second kappa shape index (κ2) is 3.77. The van der Waals surface area contributed by atoms with Gasteiger partial charge >= 0.3 is 0 Å². The van der Waals surface area contributed by atoms with E-state index in [1.165, 1.54) is 25.7 Å². The molecule has 2 nitrogen and oxygen atoms in total. The van der Waals surface area contributed by atoms with Gasteiger partial charge in [-0.25, -0.2) is 0 Å². The zero-order valence-electron chi connectivity index (χ0n) is 5.55. The van der Waals surface area contributed by atoms with Crippen molar-refractivity contribution in [1.82, 2.24) is 5.01 Å². The summed E-state index contributed by atoms with van der Waals surface area (Å²) >= 11 is 4.58. The van der Waals surface area contributed by atoms with Gasteiger partial charge in [-0.1, -0.05) is 12.8 Å². The number of nitrogens with zero attached hydrogens (tertiary/aromatic N) is 2. The van der Waals surface area contributed by atoms with Crippen molar-refractivity contribution < 1.29 is 0 Å². The van der Waals surface area contributed by atoms with E-state index in [9.17, 15) is 0 Å². The van der Waals surface area contributed by atoms with Crippen molar-refractivity contribution in [2.24, 2.45) is 4.47 Å². The lowest BCUT2D eigenvalue weighted by atomic mass is 10.2. The van der Waals surface area contributed by atoms with Crippen LogP contribution in [-0.4, -0.2) is 18.1 Å². The predicted octanol–water partition coefficient (Wildman–Crippen LogP) is 1.51. The van der Waals surface area contributed by atoms with Gasteiger partial charge in [-0.2, -0.15) is 0 Å². The van der Waals surface area contributed by atoms with Gasteiger partial charge in [-0.3, -0.25) is 5.01 Å². The van der Waals surface area contributed by atoms with E-state index in [1.54, 1.807) is 0 Å². The van der Waals surface area contributed by atoms with Gasteiger partial charge in [0.05, 0.1) is 12.4 Å². The minimum Gasteiger partial charge on any atom is -0.286 e. The Morgan fingerprint density at radius 3 is 2.00 bits per heavy atom. The molecule has 9 heavy (non-hydrogen) atoms. The molecule has 0 amide bonds. The third-order valence-electron chi connectivity index (χ3n) is 1.70. The van der Waals surface area contributed by atoms with Gasteiger partial charge in [0.25, 0.3) is 0 Å². The summed E-state index contributed by atoms with van der Waals surface area (Å²) < 4.78 is 3.72. The molecule has 3 heteroatoms. The third-order valence-corrected chi connectivity index (χ3v) is 1.93. The molecule has 0 saturated carbocycles. The molecule has 0 spiro atoms. The van der Waals surface area contributed by atoms with Crippen LogP contribution in [0.4, 0.5) is 0 Å². The molecule has 0 radical (unpaired) electrons. The van der Waals surface area contributed by atoms with E-state index in [0.717, 1.165) is 13.1 Å². The fourth-order valence-electron chi connectivity index (χ4n) is 1.14. The smallest absolute Gasteiger partial charge is 0.0628 e. The van der Waals surface area contributed by atoms with E-state index in [-0.39, 0.29) is 0 Å². The van der Waals surface area contributed by atoms with Gasteiger partial charge in [-0.15, -0.1) is 4.47 Å². The van der Waals surface area contributed by atoms with Crippen LogP contribution in [-0.2, 0) is 12.4 Å². The SMILES string of the molecule is S=NN1CCCCCC1. The highest BCUT2D eigenvalue weighted by atomic mass is 32.1. The molecule has 1 aliphatic heterocycles. The van der Waals surface area contributed by atoms with E-state index in [1.807, 2.05) is 5.01 Å². The van der Waals surface area contributed by atoms with Gasteiger partial charge in [0.2, 0.25) is 0 Å². The zero-order valence-corrected chi connectivity index (χ0v) is 6.36. The zero-order chi connectivity index (χ0) is 6.53. The highest BCUT2D eigenvalue weighted by molar-refractivity contribution is 7.47. The van der Waals surface area contributed by atoms with Crippen LogP contribution in [0.1, 0.15) is 25.7 Å². The summed E-state index contributed by atoms with van der Waals surface area (Å²) in [7, 11) is 0. The number of rotatable bonds is 1. The Kier molecular flexibility index (Phi) is 2.91. The minimum absolute atomic E-state index is 1.07. The molecule has 0 aliphatic carbocycles. The van der Waals surface area contributed by atoms with E-state index >= 15 is 0 Å². The van der Waals surface area contributed by atoms with Gasteiger partial charge in [0.15, 0.2) is 0 Å². The lowest BCUT2D eigenvalue weighted by Crippen LogP contribution is -2.16. The van der Waals surface area contributed by atoms with Crippen LogP contribution in [0.2, 0.25) is 0 Å².